The van der Waals surface area contributed by atoms with Crippen LogP contribution in [0.5, 0.6) is 0 Å². The van der Waals surface area contributed by atoms with Crippen LogP contribution < -0.4 is 5.32 Å². The number of halogens is 2. The molecule has 1 N–H and O–H groups in total. The molecule has 0 saturated heterocycles. The van der Waals surface area contributed by atoms with Gasteiger partial charge in [-0.1, -0.05) is 18.5 Å². The van der Waals surface area contributed by atoms with Crippen LogP contribution in [0.25, 0.3) is 0 Å². The van der Waals surface area contributed by atoms with Crippen LogP contribution in [-0.4, -0.2) is 16.3 Å². The Hall–Kier alpha value is -1.39. The molecule has 2 aromatic rings. The minimum atomic E-state index is -0.293. The van der Waals surface area contributed by atoms with Crippen LogP contribution in [0.15, 0.2) is 30.5 Å². The van der Waals surface area contributed by atoms with Gasteiger partial charge in [-0.15, -0.1) is 0 Å². The van der Waals surface area contributed by atoms with Gasteiger partial charge in [-0.05, 0) is 42.8 Å². The average molecular weight is 282 g/mol. The summed E-state index contributed by atoms with van der Waals surface area (Å²) in [6, 6.07) is 6.12. The van der Waals surface area contributed by atoms with Crippen molar-refractivity contribution in [3.63, 3.8) is 0 Å². The van der Waals surface area contributed by atoms with E-state index < -0.39 is 0 Å². The Morgan fingerprint density at radius 3 is 2.84 bits per heavy atom. The van der Waals surface area contributed by atoms with E-state index in [1.807, 2.05) is 19.3 Å². The van der Waals surface area contributed by atoms with E-state index in [9.17, 15) is 4.39 Å². The van der Waals surface area contributed by atoms with Crippen molar-refractivity contribution < 1.29 is 4.39 Å². The van der Waals surface area contributed by atoms with Crippen molar-refractivity contribution in [2.45, 2.75) is 19.4 Å². The average Bonchev–Trinajstić information content (AvgIpc) is 2.80. The molecular weight excluding hydrogens is 265 g/mol. The van der Waals surface area contributed by atoms with Crippen molar-refractivity contribution in [1.82, 2.24) is 15.1 Å². The molecule has 0 fully saturated rings. The van der Waals surface area contributed by atoms with Gasteiger partial charge in [0.05, 0.1) is 11.7 Å². The number of nitrogens with zero attached hydrogens (tertiary/aromatic N) is 2. The predicted octanol–water partition coefficient (Wildman–Crippen LogP) is 3.30. The fraction of sp³-hybridized carbons (Fsp3) is 0.357. The first-order valence-electron chi connectivity index (χ1n) is 6.29. The van der Waals surface area contributed by atoms with Crippen molar-refractivity contribution >= 4 is 11.6 Å². The summed E-state index contributed by atoms with van der Waals surface area (Å²) in [5.74, 6) is -0.293. The minimum absolute atomic E-state index is 0.190. The van der Waals surface area contributed by atoms with Gasteiger partial charge in [0.15, 0.2) is 0 Å². The Balaban J connectivity index is 2.39. The maximum atomic E-state index is 13.4. The number of hydrogen-bond donors (Lipinski definition) is 1. The van der Waals surface area contributed by atoms with Crippen LogP contribution >= 0.6 is 11.6 Å². The third kappa shape index (κ3) is 3.33. The van der Waals surface area contributed by atoms with Crippen molar-refractivity contribution in [3.05, 3.63) is 52.6 Å². The molecule has 0 aliphatic heterocycles. The molecule has 0 saturated carbocycles. The molecule has 0 radical (unpaired) electrons. The number of nitrogens with one attached hydrogen (secondary N) is 1. The summed E-state index contributed by atoms with van der Waals surface area (Å²) >= 11 is 6.19. The molecule has 0 spiro atoms. The molecule has 1 heterocycles. The largest absolute Gasteiger partial charge is 0.305 e. The molecule has 0 aliphatic rings. The molecule has 2 rings (SSSR count). The molecule has 3 nitrogen and oxygen atoms in total. The SMILES string of the molecule is CCCNC(c1ccn(C)n1)c1cc(F)ccc1Cl. The lowest BCUT2D eigenvalue weighted by Gasteiger charge is -2.18. The van der Waals surface area contributed by atoms with Gasteiger partial charge in [0, 0.05) is 18.3 Å². The quantitative estimate of drug-likeness (QED) is 0.911. The Kier molecular flexibility index (Phi) is 4.56. The van der Waals surface area contributed by atoms with E-state index in [0.29, 0.717) is 10.6 Å². The second-order valence-electron chi connectivity index (χ2n) is 4.47. The summed E-state index contributed by atoms with van der Waals surface area (Å²) in [4.78, 5) is 0. The fourth-order valence-electron chi connectivity index (χ4n) is 1.99. The Morgan fingerprint density at radius 1 is 1.42 bits per heavy atom. The molecule has 5 heteroatoms. The normalized spacial score (nSPS) is 12.6. The van der Waals surface area contributed by atoms with Gasteiger partial charge in [-0.3, -0.25) is 4.68 Å². The number of benzene rings is 1. The highest BCUT2D eigenvalue weighted by atomic mass is 35.5. The number of hydrogen-bond acceptors (Lipinski definition) is 2. The van der Waals surface area contributed by atoms with E-state index in [4.69, 9.17) is 11.6 Å². The van der Waals surface area contributed by atoms with Crippen LogP contribution in [0.4, 0.5) is 4.39 Å². The molecule has 1 aromatic heterocycles. The Labute approximate surface area is 117 Å². The van der Waals surface area contributed by atoms with Crippen LogP contribution in [0, 0.1) is 5.82 Å². The highest BCUT2D eigenvalue weighted by molar-refractivity contribution is 6.31. The molecule has 0 aliphatic carbocycles. The second-order valence-corrected chi connectivity index (χ2v) is 4.87. The molecular formula is C14H17ClFN3. The molecule has 102 valence electrons. The third-order valence-corrected chi connectivity index (χ3v) is 3.24. The Bertz CT molecular complexity index is 553. The van der Waals surface area contributed by atoms with Gasteiger partial charge in [0.2, 0.25) is 0 Å². The van der Waals surface area contributed by atoms with E-state index in [2.05, 4.69) is 17.3 Å². The predicted molar refractivity (Wildman–Crippen MR) is 74.8 cm³/mol. The monoisotopic (exact) mass is 281 g/mol. The van der Waals surface area contributed by atoms with Crippen molar-refractivity contribution in [2.24, 2.45) is 7.05 Å². The van der Waals surface area contributed by atoms with Gasteiger partial charge < -0.3 is 5.32 Å². The highest BCUT2D eigenvalue weighted by Crippen LogP contribution is 2.28. The smallest absolute Gasteiger partial charge is 0.123 e. The number of aryl methyl sites for hydroxylation is 1. The minimum Gasteiger partial charge on any atom is -0.305 e. The first-order valence-corrected chi connectivity index (χ1v) is 6.67. The molecule has 1 atom stereocenters. The van der Waals surface area contributed by atoms with Crippen molar-refractivity contribution in [3.8, 4) is 0 Å². The summed E-state index contributed by atoms with van der Waals surface area (Å²) in [5.41, 5.74) is 1.55. The zero-order valence-corrected chi connectivity index (χ0v) is 11.8. The maximum Gasteiger partial charge on any atom is 0.123 e. The van der Waals surface area contributed by atoms with E-state index in [0.717, 1.165) is 18.7 Å². The first-order chi connectivity index (χ1) is 9.11. The fourth-order valence-corrected chi connectivity index (χ4v) is 2.21. The summed E-state index contributed by atoms with van der Waals surface area (Å²) in [6.07, 6.45) is 2.85. The van der Waals surface area contributed by atoms with E-state index in [1.54, 1.807) is 10.7 Å². The van der Waals surface area contributed by atoms with Crippen LogP contribution in [0.2, 0.25) is 5.02 Å². The topological polar surface area (TPSA) is 29.9 Å². The third-order valence-electron chi connectivity index (χ3n) is 2.90. The van der Waals surface area contributed by atoms with E-state index in [1.165, 1.54) is 12.1 Å². The number of rotatable bonds is 5. The van der Waals surface area contributed by atoms with Crippen molar-refractivity contribution in [1.29, 1.82) is 0 Å². The van der Waals surface area contributed by atoms with Crippen LogP contribution in [0.3, 0.4) is 0 Å². The molecule has 19 heavy (non-hydrogen) atoms. The van der Waals surface area contributed by atoms with E-state index in [-0.39, 0.29) is 11.9 Å². The van der Waals surface area contributed by atoms with Crippen LogP contribution in [0.1, 0.15) is 30.6 Å². The zero-order valence-electron chi connectivity index (χ0n) is 11.0. The zero-order chi connectivity index (χ0) is 13.8. The Morgan fingerprint density at radius 2 is 2.21 bits per heavy atom. The van der Waals surface area contributed by atoms with Gasteiger partial charge in [0.1, 0.15) is 5.82 Å². The molecule has 0 amide bonds. The molecule has 1 unspecified atom stereocenters. The van der Waals surface area contributed by atoms with Gasteiger partial charge >= 0.3 is 0 Å². The van der Waals surface area contributed by atoms with Crippen molar-refractivity contribution in [2.75, 3.05) is 6.54 Å². The lowest BCUT2D eigenvalue weighted by Crippen LogP contribution is -2.24. The number of aromatic nitrogens is 2. The van der Waals surface area contributed by atoms with Gasteiger partial charge in [-0.2, -0.15) is 5.10 Å². The summed E-state index contributed by atoms with van der Waals surface area (Å²) in [5, 5.41) is 8.28. The highest BCUT2D eigenvalue weighted by Gasteiger charge is 2.19. The summed E-state index contributed by atoms with van der Waals surface area (Å²) in [6.45, 7) is 2.89. The second kappa shape index (κ2) is 6.17. The standard InChI is InChI=1S/C14H17ClFN3/c1-3-7-17-14(13-6-8-19(2)18-13)11-9-10(16)4-5-12(11)15/h4-6,8-9,14,17H,3,7H2,1-2H3. The molecule has 0 bridgehead atoms. The first kappa shape index (κ1) is 14.0. The summed E-state index contributed by atoms with van der Waals surface area (Å²) < 4.78 is 15.2. The summed E-state index contributed by atoms with van der Waals surface area (Å²) in [7, 11) is 1.85. The van der Waals surface area contributed by atoms with Crippen LogP contribution in [-0.2, 0) is 7.05 Å². The van der Waals surface area contributed by atoms with Gasteiger partial charge in [-0.25, -0.2) is 4.39 Å². The maximum absolute atomic E-state index is 13.4. The lowest BCUT2D eigenvalue weighted by molar-refractivity contribution is 0.567. The van der Waals surface area contributed by atoms with E-state index >= 15 is 0 Å². The van der Waals surface area contributed by atoms with Gasteiger partial charge in [0.25, 0.3) is 0 Å². The lowest BCUT2D eigenvalue weighted by atomic mass is 10.0. The molecule has 1 aromatic carbocycles.